The van der Waals surface area contributed by atoms with Gasteiger partial charge in [0.1, 0.15) is 5.82 Å². The Balaban J connectivity index is 3.02. The van der Waals surface area contributed by atoms with E-state index in [9.17, 15) is 17.6 Å². The van der Waals surface area contributed by atoms with Gasteiger partial charge >= 0.3 is 6.18 Å². The molecule has 0 saturated heterocycles. The molecule has 2 nitrogen and oxygen atoms in total. The second-order valence-electron chi connectivity index (χ2n) is 2.38. The Hall–Kier alpha value is -1.33. The van der Waals surface area contributed by atoms with Gasteiger partial charge in [-0.2, -0.15) is 13.2 Å². The van der Waals surface area contributed by atoms with Crippen LogP contribution < -0.4 is 5.73 Å². The predicted octanol–water partition coefficient (Wildman–Crippen LogP) is 2.24. The Bertz CT molecular complexity index is 297. The maximum Gasteiger partial charge on any atom is 0.424 e. The number of halogens is 4. The van der Waals surface area contributed by atoms with E-state index in [1.807, 2.05) is 0 Å². The summed E-state index contributed by atoms with van der Waals surface area (Å²) in [6, 6.07) is 2.16. The van der Waals surface area contributed by atoms with Gasteiger partial charge in [0, 0.05) is 11.8 Å². The highest BCUT2D eigenvalue weighted by Gasteiger charge is 2.42. The number of rotatable bonds is 1. The van der Waals surface area contributed by atoms with Crippen LogP contribution in [0, 0.1) is 0 Å². The first-order valence-electron chi connectivity index (χ1n) is 3.34. The smallest absolute Gasteiger partial charge is 0.383 e. The summed E-state index contributed by atoms with van der Waals surface area (Å²) in [5.41, 5.74) is 4.42. The van der Waals surface area contributed by atoms with Crippen molar-refractivity contribution in [3.05, 3.63) is 23.9 Å². The maximum absolute atomic E-state index is 12.7. The van der Waals surface area contributed by atoms with Gasteiger partial charge in [0.25, 0.3) is 0 Å². The number of hydrogen-bond acceptors (Lipinski definition) is 2. The summed E-state index contributed by atoms with van der Waals surface area (Å²) in [6.45, 7) is 0. The molecule has 0 spiro atoms. The Morgan fingerprint density at radius 1 is 1.38 bits per heavy atom. The topological polar surface area (TPSA) is 38.9 Å². The van der Waals surface area contributed by atoms with Gasteiger partial charge in [-0.3, -0.25) is 0 Å². The summed E-state index contributed by atoms with van der Waals surface area (Å²) < 4.78 is 48.2. The molecule has 1 rings (SSSR count). The number of anilines is 1. The van der Waals surface area contributed by atoms with Crippen LogP contribution in [0.5, 0.6) is 0 Å². The molecular weight excluding hydrogens is 188 g/mol. The van der Waals surface area contributed by atoms with Crippen LogP contribution in [0.15, 0.2) is 18.3 Å². The number of pyridine rings is 1. The minimum Gasteiger partial charge on any atom is -0.383 e. The first-order chi connectivity index (χ1) is 5.93. The maximum atomic E-state index is 12.7. The monoisotopic (exact) mass is 194 g/mol. The summed E-state index contributed by atoms with van der Waals surface area (Å²) in [6.07, 6.45) is -6.81. The lowest BCUT2D eigenvalue weighted by Gasteiger charge is -2.13. The number of nitrogen functional groups attached to an aromatic ring is 1. The van der Waals surface area contributed by atoms with E-state index in [0.29, 0.717) is 0 Å². The van der Waals surface area contributed by atoms with E-state index in [1.54, 1.807) is 0 Å². The third kappa shape index (κ3) is 2.07. The number of nitrogens with two attached hydrogens (primary N) is 1. The molecule has 1 atom stereocenters. The standard InChI is InChI=1S/C7H6F4N2/c8-5(7(9,10)11)4-2-1-3-13-6(4)12/h1-3,5H,(H2,12,13). The van der Waals surface area contributed by atoms with E-state index >= 15 is 0 Å². The third-order valence-corrected chi connectivity index (χ3v) is 1.43. The summed E-state index contributed by atoms with van der Waals surface area (Å²) in [4.78, 5) is 3.35. The lowest BCUT2D eigenvalue weighted by molar-refractivity contribution is -0.182. The molecule has 1 heterocycles. The summed E-state index contributed by atoms with van der Waals surface area (Å²) in [5.74, 6) is -0.438. The van der Waals surface area contributed by atoms with E-state index in [-0.39, 0.29) is 0 Å². The van der Waals surface area contributed by atoms with Crippen molar-refractivity contribution in [3.8, 4) is 0 Å². The SMILES string of the molecule is Nc1ncccc1C(F)C(F)(F)F. The van der Waals surface area contributed by atoms with Gasteiger partial charge in [0.15, 0.2) is 0 Å². The molecule has 0 amide bonds. The molecule has 0 saturated carbocycles. The van der Waals surface area contributed by atoms with Crippen molar-refractivity contribution in [2.45, 2.75) is 12.3 Å². The van der Waals surface area contributed by atoms with Crippen molar-refractivity contribution in [2.24, 2.45) is 0 Å². The van der Waals surface area contributed by atoms with Crippen molar-refractivity contribution in [2.75, 3.05) is 5.73 Å². The van der Waals surface area contributed by atoms with Crippen LogP contribution in [-0.2, 0) is 0 Å². The normalized spacial score (nSPS) is 14.2. The minimum absolute atomic E-state index is 0.438. The van der Waals surface area contributed by atoms with Crippen molar-refractivity contribution in [1.82, 2.24) is 4.98 Å². The van der Waals surface area contributed by atoms with Crippen LogP contribution in [0.3, 0.4) is 0 Å². The summed E-state index contributed by atoms with van der Waals surface area (Å²) >= 11 is 0. The minimum atomic E-state index is -4.93. The third-order valence-electron chi connectivity index (χ3n) is 1.43. The Kier molecular flexibility index (Phi) is 2.40. The lowest BCUT2D eigenvalue weighted by Crippen LogP contribution is -2.18. The second kappa shape index (κ2) is 3.20. The molecule has 72 valence electrons. The number of alkyl halides is 4. The number of nitrogens with zero attached hydrogens (tertiary/aromatic N) is 1. The van der Waals surface area contributed by atoms with Crippen molar-refractivity contribution >= 4 is 5.82 Å². The highest BCUT2D eigenvalue weighted by atomic mass is 19.4. The van der Waals surface area contributed by atoms with Gasteiger partial charge in [-0.25, -0.2) is 9.37 Å². The second-order valence-corrected chi connectivity index (χ2v) is 2.38. The van der Waals surface area contributed by atoms with Crippen molar-refractivity contribution in [3.63, 3.8) is 0 Å². The molecule has 0 aliphatic heterocycles. The molecule has 13 heavy (non-hydrogen) atoms. The van der Waals surface area contributed by atoms with E-state index in [1.165, 1.54) is 12.3 Å². The zero-order chi connectivity index (χ0) is 10.1. The zero-order valence-electron chi connectivity index (χ0n) is 6.35. The molecule has 0 radical (unpaired) electrons. The van der Waals surface area contributed by atoms with Gasteiger partial charge < -0.3 is 5.73 Å². The van der Waals surface area contributed by atoms with Gasteiger partial charge in [-0.15, -0.1) is 0 Å². The highest BCUT2D eigenvalue weighted by Crippen LogP contribution is 2.37. The molecule has 0 aromatic carbocycles. The quantitative estimate of drug-likeness (QED) is 0.696. The number of hydrogen-bond donors (Lipinski definition) is 1. The van der Waals surface area contributed by atoms with Crippen LogP contribution in [0.2, 0.25) is 0 Å². The summed E-state index contributed by atoms with van der Waals surface area (Å²) in [7, 11) is 0. The van der Waals surface area contributed by atoms with E-state index < -0.39 is 23.7 Å². The average molecular weight is 194 g/mol. The first-order valence-corrected chi connectivity index (χ1v) is 3.34. The van der Waals surface area contributed by atoms with E-state index in [0.717, 1.165) is 6.07 Å². The van der Waals surface area contributed by atoms with Crippen LogP contribution in [-0.4, -0.2) is 11.2 Å². The fourth-order valence-electron chi connectivity index (χ4n) is 0.821. The van der Waals surface area contributed by atoms with Crippen LogP contribution in [0.4, 0.5) is 23.4 Å². The first kappa shape index (κ1) is 9.76. The Morgan fingerprint density at radius 3 is 2.46 bits per heavy atom. The molecular formula is C7H6F4N2. The predicted molar refractivity (Wildman–Crippen MR) is 38.6 cm³/mol. The average Bonchev–Trinajstić information content (AvgIpc) is 2.02. The van der Waals surface area contributed by atoms with Crippen molar-refractivity contribution in [1.29, 1.82) is 0 Å². The van der Waals surface area contributed by atoms with Crippen LogP contribution in [0.25, 0.3) is 0 Å². The molecule has 1 aromatic rings. The largest absolute Gasteiger partial charge is 0.424 e. The molecule has 0 bridgehead atoms. The lowest BCUT2D eigenvalue weighted by atomic mass is 10.1. The van der Waals surface area contributed by atoms with Crippen molar-refractivity contribution < 1.29 is 17.6 Å². The van der Waals surface area contributed by atoms with Gasteiger partial charge in [-0.1, -0.05) is 6.07 Å². The Morgan fingerprint density at radius 2 is 2.00 bits per heavy atom. The van der Waals surface area contributed by atoms with Gasteiger partial charge in [0.2, 0.25) is 6.17 Å². The Labute approximate surface area is 71.4 Å². The molecule has 2 N–H and O–H groups in total. The van der Waals surface area contributed by atoms with Crippen LogP contribution >= 0.6 is 0 Å². The van der Waals surface area contributed by atoms with Gasteiger partial charge in [-0.05, 0) is 6.07 Å². The number of aromatic nitrogens is 1. The van der Waals surface area contributed by atoms with Gasteiger partial charge in [0.05, 0.1) is 0 Å². The molecule has 1 aromatic heterocycles. The van der Waals surface area contributed by atoms with Crippen LogP contribution in [0.1, 0.15) is 11.7 Å². The van der Waals surface area contributed by atoms with E-state index in [4.69, 9.17) is 5.73 Å². The van der Waals surface area contributed by atoms with E-state index in [2.05, 4.69) is 4.98 Å². The zero-order valence-corrected chi connectivity index (χ0v) is 6.35. The molecule has 0 aliphatic carbocycles. The summed E-state index contributed by atoms with van der Waals surface area (Å²) in [5, 5.41) is 0. The molecule has 6 heteroatoms. The fourth-order valence-corrected chi connectivity index (χ4v) is 0.821. The fraction of sp³-hybridized carbons (Fsp3) is 0.286. The molecule has 1 unspecified atom stereocenters. The molecule has 0 aliphatic rings. The highest BCUT2D eigenvalue weighted by molar-refractivity contribution is 5.40. The molecule has 0 fully saturated rings.